The molecule has 0 bridgehead atoms. The number of rotatable bonds is 5. The topological polar surface area (TPSA) is 65.7 Å². The highest BCUT2D eigenvalue weighted by molar-refractivity contribution is 5.94. The maximum Gasteiger partial charge on any atom is 0.315 e. The van der Waals surface area contributed by atoms with Crippen LogP contribution in [-0.2, 0) is 4.79 Å². The molecular formula is C17H16O5. The van der Waals surface area contributed by atoms with Crippen molar-refractivity contribution in [2.45, 2.75) is 19.3 Å². The Morgan fingerprint density at radius 1 is 1.23 bits per heavy atom. The first-order valence-electron chi connectivity index (χ1n) is 7.04. The van der Waals surface area contributed by atoms with Gasteiger partial charge in [0.1, 0.15) is 5.76 Å². The van der Waals surface area contributed by atoms with Gasteiger partial charge in [-0.05, 0) is 43.7 Å². The zero-order valence-corrected chi connectivity index (χ0v) is 12.4. The Balaban J connectivity index is 1.71. The number of furan rings is 1. The lowest BCUT2D eigenvalue weighted by atomic mass is 10.1. The molecule has 2 atom stereocenters. The van der Waals surface area contributed by atoms with Gasteiger partial charge in [0.2, 0.25) is 0 Å². The fraction of sp³-hybridized carbons (Fsp3) is 0.294. The van der Waals surface area contributed by atoms with E-state index in [1.54, 1.807) is 30.5 Å². The molecule has 1 fully saturated rings. The van der Waals surface area contributed by atoms with Crippen LogP contribution in [0.1, 0.15) is 35.4 Å². The summed E-state index contributed by atoms with van der Waals surface area (Å²) in [5.41, 5.74) is 0.511. The highest BCUT2D eigenvalue weighted by atomic mass is 16.6. The molecule has 0 saturated heterocycles. The first kappa shape index (κ1) is 14.4. The number of methoxy groups -OCH3 is 1. The molecule has 0 N–H and O–H groups in total. The normalized spacial score (nSPS) is 19.5. The van der Waals surface area contributed by atoms with Gasteiger partial charge in [-0.15, -0.1) is 0 Å². The van der Waals surface area contributed by atoms with Crippen molar-refractivity contribution in [1.29, 1.82) is 0 Å². The van der Waals surface area contributed by atoms with Crippen LogP contribution in [0.5, 0.6) is 11.5 Å². The molecule has 5 heteroatoms. The molecule has 2 aromatic rings. The summed E-state index contributed by atoms with van der Waals surface area (Å²) in [7, 11) is 1.47. The Kier molecular flexibility index (Phi) is 3.71. The molecule has 1 aliphatic rings. The average Bonchev–Trinajstić information content (AvgIpc) is 3.13. The van der Waals surface area contributed by atoms with Crippen LogP contribution >= 0.6 is 0 Å². The summed E-state index contributed by atoms with van der Waals surface area (Å²) in [6.45, 7) is 1.47. The fourth-order valence-electron chi connectivity index (χ4n) is 2.43. The number of carbonyl (C=O) groups is 2. The molecule has 1 aliphatic carbocycles. The highest BCUT2D eigenvalue weighted by Crippen LogP contribution is 2.48. The number of hydrogen-bond acceptors (Lipinski definition) is 5. The summed E-state index contributed by atoms with van der Waals surface area (Å²) in [4.78, 5) is 23.5. The van der Waals surface area contributed by atoms with Crippen molar-refractivity contribution in [3.05, 3.63) is 47.9 Å². The maximum atomic E-state index is 12.2. The van der Waals surface area contributed by atoms with E-state index < -0.39 is 0 Å². The largest absolute Gasteiger partial charge is 0.493 e. The van der Waals surface area contributed by atoms with Gasteiger partial charge in [0.25, 0.3) is 0 Å². The van der Waals surface area contributed by atoms with Crippen LogP contribution in [0.4, 0.5) is 0 Å². The maximum absolute atomic E-state index is 12.2. The SMILES string of the molecule is COc1cc(C(C)=O)ccc1OC(=O)[C@H]1C[C@@H]1c1ccco1. The standard InChI is InChI=1S/C17H16O5/c1-10(18)11-5-6-15(16(8-11)20-2)22-17(19)13-9-12(13)14-4-3-7-21-14/h3-8,12-13H,9H2,1-2H3/t12-,13-/m0/s1. The van der Waals surface area contributed by atoms with Crippen molar-refractivity contribution >= 4 is 11.8 Å². The number of hydrogen-bond donors (Lipinski definition) is 0. The van der Waals surface area contributed by atoms with E-state index in [0.717, 1.165) is 12.2 Å². The van der Waals surface area contributed by atoms with E-state index in [1.807, 2.05) is 6.07 Å². The number of benzene rings is 1. The molecule has 3 rings (SSSR count). The minimum atomic E-state index is -0.310. The summed E-state index contributed by atoms with van der Waals surface area (Å²) in [6.07, 6.45) is 2.32. The lowest BCUT2D eigenvalue weighted by Crippen LogP contribution is -2.12. The minimum absolute atomic E-state index is 0.0729. The van der Waals surface area contributed by atoms with Crippen molar-refractivity contribution < 1.29 is 23.5 Å². The Bertz CT molecular complexity index is 702. The molecule has 0 unspecified atom stereocenters. The molecule has 0 amide bonds. The fourth-order valence-corrected chi connectivity index (χ4v) is 2.43. The van der Waals surface area contributed by atoms with Gasteiger partial charge in [-0.1, -0.05) is 0 Å². The van der Waals surface area contributed by atoms with Crippen LogP contribution in [0.25, 0.3) is 0 Å². The Morgan fingerprint density at radius 3 is 2.68 bits per heavy atom. The summed E-state index contributed by atoms with van der Waals surface area (Å²) in [5.74, 6) is 1.01. The van der Waals surface area contributed by atoms with Crippen molar-refractivity contribution in [1.82, 2.24) is 0 Å². The number of Topliss-reactive ketones (excluding diaryl/α,β-unsaturated/α-hetero) is 1. The van der Waals surface area contributed by atoms with Crippen LogP contribution in [-0.4, -0.2) is 18.9 Å². The van der Waals surface area contributed by atoms with Gasteiger partial charge in [-0.2, -0.15) is 0 Å². The smallest absolute Gasteiger partial charge is 0.315 e. The number of esters is 1. The van der Waals surface area contributed by atoms with E-state index in [0.29, 0.717) is 17.1 Å². The molecule has 22 heavy (non-hydrogen) atoms. The second-order valence-corrected chi connectivity index (χ2v) is 5.31. The Labute approximate surface area is 127 Å². The van der Waals surface area contributed by atoms with Crippen LogP contribution in [0.15, 0.2) is 41.0 Å². The first-order chi connectivity index (χ1) is 10.6. The summed E-state index contributed by atoms with van der Waals surface area (Å²) in [6, 6.07) is 8.43. The van der Waals surface area contributed by atoms with Gasteiger partial charge in [0.05, 0.1) is 19.3 Å². The van der Waals surface area contributed by atoms with Crippen LogP contribution < -0.4 is 9.47 Å². The molecular weight excluding hydrogens is 284 g/mol. The average molecular weight is 300 g/mol. The van der Waals surface area contributed by atoms with Crippen LogP contribution in [0.2, 0.25) is 0 Å². The molecule has 1 heterocycles. The van der Waals surface area contributed by atoms with Gasteiger partial charge < -0.3 is 13.9 Å². The van der Waals surface area contributed by atoms with Crippen molar-refractivity contribution in [2.24, 2.45) is 5.92 Å². The quantitative estimate of drug-likeness (QED) is 0.482. The third-order valence-electron chi connectivity index (χ3n) is 3.78. The zero-order chi connectivity index (χ0) is 15.7. The number of ether oxygens (including phenoxy) is 2. The molecule has 0 aliphatic heterocycles. The molecule has 5 nitrogen and oxygen atoms in total. The van der Waals surface area contributed by atoms with Crippen molar-refractivity contribution in [3.8, 4) is 11.5 Å². The molecule has 1 aromatic heterocycles. The van der Waals surface area contributed by atoms with Gasteiger partial charge in [0, 0.05) is 11.5 Å². The monoisotopic (exact) mass is 300 g/mol. The Hall–Kier alpha value is -2.56. The lowest BCUT2D eigenvalue weighted by molar-refractivity contribution is -0.136. The van der Waals surface area contributed by atoms with Gasteiger partial charge >= 0.3 is 5.97 Å². The first-order valence-corrected chi connectivity index (χ1v) is 7.04. The molecule has 1 aromatic carbocycles. The van der Waals surface area contributed by atoms with E-state index in [4.69, 9.17) is 13.9 Å². The van der Waals surface area contributed by atoms with E-state index in [-0.39, 0.29) is 23.6 Å². The second-order valence-electron chi connectivity index (χ2n) is 5.31. The van der Waals surface area contributed by atoms with Gasteiger partial charge in [-0.3, -0.25) is 9.59 Å². The molecule has 0 radical (unpaired) electrons. The highest BCUT2D eigenvalue weighted by Gasteiger charge is 2.47. The van der Waals surface area contributed by atoms with E-state index in [9.17, 15) is 9.59 Å². The third kappa shape index (κ3) is 2.74. The summed E-state index contributed by atoms with van der Waals surface area (Å²) < 4.78 is 15.9. The predicted molar refractivity (Wildman–Crippen MR) is 78.2 cm³/mol. The molecule has 114 valence electrons. The zero-order valence-electron chi connectivity index (χ0n) is 12.4. The summed E-state index contributed by atoms with van der Waals surface area (Å²) >= 11 is 0. The number of ketones is 1. The van der Waals surface area contributed by atoms with Gasteiger partial charge in [-0.25, -0.2) is 0 Å². The van der Waals surface area contributed by atoms with E-state index in [1.165, 1.54) is 14.0 Å². The van der Waals surface area contributed by atoms with Crippen LogP contribution in [0, 0.1) is 5.92 Å². The van der Waals surface area contributed by atoms with Crippen molar-refractivity contribution in [2.75, 3.05) is 7.11 Å². The lowest BCUT2D eigenvalue weighted by Gasteiger charge is -2.10. The third-order valence-corrected chi connectivity index (χ3v) is 3.78. The number of carbonyl (C=O) groups excluding carboxylic acids is 2. The molecule has 0 spiro atoms. The Morgan fingerprint density at radius 2 is 2.05 bits per heavy atom. The molecule has 1 saturated carbocycles. The van der Waals surface area contributed by atoms with E-state index >= 15 is 0 Å². The predicted octanol–water partition coefficient (Wildman–Crippen LogP) is 3.20. The summed E-state index contributed by atoms with van der Waals surface area (Å²) in [5, 5.41) is 0. The second kappa shape index (κ2) is 5.67. The minimum Gasteiger partial charge on any atom is -0.493 e. The van der Waals surface area contributed by atoms with E-state index in [2.05, 4.69) is 0 Å². The van der Waals surface area contributed by atoms with Crippen LogP contribution in [0.3, 0.4) is 0 Å². The van der Waals surface area contributed by atoms with Gasteiger partial charge in [0.15, 0.2) is 17.3 Å². The van der Waals surface area contributed by atoms with Crippen molar-refractivity contribution in [3.63, 3.8) is 0 Å².